The molecule has 2 unspecified atom stereocenters. The lowest BCUT2D eigenvalue weighted by Gasteiger charge is -2.30. The molecular formula is C11H21NO3S. The van der Waals surface area contributed by atoms with E-state index in [1.54, 1.807) is 0 Å². The van der Waals surface area contributed by atoms with Crippen LogP contribution in [0.4, 0.5) is 0 Å². The molecule has 0 aromatic heterocycles. The van der Waals surface area contributed by atoms with Crippen LogP contribution in [-0.4, -0.2) is 31.9 Å². The van der Waals surface area contributed by atoms with Gasteiger partial charge in [-0.15, -0.1) is 0 Å². The third-order valence-corrected chi connectivity index (χ3v) is 6.10. The molecule has 0 aromatic rings. The van der Waals surface area contributed by atoms with Crippen molar-refractivity contribution < 1.29 is 13.2 Å². The topological polar surface area (TPSA) is 55.4 Å². The van der Waals surface area contributed by atoms with Crippen molar-refractivity contribution in [2.45, 2.75) is 62.8 Å². The van der Waals surface area contributed by atoms with Gasteiger partial charge < -0.3 is 4.74 Å². The highest BCUT2D eigenvalue weighted by atomic mass is 32.2. The molecule has 1 heterocycles. The Morgan fingerprint density at radius 3 is 2.69 bits per heavy atom. The summed E-state index contributed by atoms with van der Waals surface area (Å²) in [5, 5.41) is 0. The van der Waals surface area contributed by atoms with Crippen LogP contribution in [-0.2, 0) is 14.8 Å². The minimum Gasteiger partial charge on any atom is -0.378 e. The minimum atomic E-state index is -3.12. The van der Waals surface area contributed by atoms with Gasteiger partial charge >= 0.3 is 0 Å². The summed E-state index contributed by atoms with van der Waals surface area (Å²) in [6.45, 7) is 4.57. The largest absolute Gasteiger partial charge is 0.378 e. The SMILES string of the molecule is CCC1CC(NS(=O)(=O)C2(C)CC2)CCO1. The Labute approximate surface area is 97.8 Å². The minimum absolute atomic E-state index is 0.0705. The van der Waals surface area contributed by atoms with E-state index in [2.05, 4.69) is 11.6 Å². The summed E-state index contributed by atoms with van der Waals surface area (Å²) in [6.07, 6.45) is 4.37. The van der Waals surface area contributed by atoms with E-state index in [9.17, 15) is 8.42 Å². The second-order valence-corrected chi connectivity index (χ2v) is 7.42. The predicted molar refractivity (Wildman–Crippen MR) is 62.7 cm³/mol. The monoisotopic (exact) mass is 247 g/mol. The van der Waals surface area contributed by atoms with Crippen molar-refractivity contribution in [1.29, 1.82) is 0 Å². The summed E-state index contributed by atoms with van der Waals surface area (Å²) in [5.74, 6) is 0. The van der Waals surface area contributed by atoms with Gasteiger partial charge in [0.25, 0.3) is 0 Å². The lowest BCUT2D eigenvalue weighted by molar-refractivity contribution is 0.00362. The molecule has 16 heavy (non-hydrogen) atoms. The molecule has 94 valence electrons. The zero-order chi connectivity index (χ0) is 11.8. The van der Waals surface area contributed by atoms with Crippen molar-refractivity contribution in [3.05, 3.63) is 0 Å². The number of nitrogens with one attached hydrogen (secondary N) is 1. The van der Waals surface area contributed by atoms with E-state index < -0.39 is 14.8 Å². The number of ether oxygens (including phenoxy) is 1. The van der Waals surface area contributed by atoms with Crippen molar-refractivity contribution in [3.8, 4) is 0 Å². The Kier molecular flexibility index (Phi) is 3.29. The van der Waals surface area contributed by atoms with Gasteiger partial charge in [-0.05, 0) is 39.0 Å². The summed E-state index contributed by atoms with van der Waals surface area (Å²) >= 11 is 0. The van der Waals surface area contributed by atoms with E-state index >= 15 is 0 Å². The quantitative estimate of drug-likeness (QED) is 0.817. The maximum Gasteiger partial charge on any atom is 0.217 e. The molecule has 0 aromatic carbocycles. The van der Waals surface area contributed by atoms with Crippen LogP contribution >= 0.6 is 0 Å². The van der Waals surface area contributed by atoms with E-state index in [4.69, 9.17) is 4.74 Å². The first-order chi connectivity index (χ1) is 7.47. The van der Waals surface area contributed by atoms with Gasteiger partial charge in [0.1, 0.15) is 0 Å². The molecule has 2 fully saturated rings. The number of hydrogen-bond acceptors (Lipinski definition) is 3. The third-order valence-electron chi connectivity index (χ3n) is 3.75. The van der Waals surface area contributed by atoms with Crippen LogP contribution in [0.25, 0.3) is 0 Å². The maximum absolute atomic E-state index is 12.0. The van der Waals surface area contributed by atoms with Crippen molar-refractivity contribution in [3.63, 3.8) is 0 Å². The van der Waals surface area contributed by atoms with Crippen LogP contribution in [0.3, 0.4) is 0 Å². The Balaban J connectivity index is 1.94. The molecular weight excluding hydrogens is 226 g/mol. The Bertz CT molecular complexity index is 348. The standard InChI is InChI=1S/C11H21NO3S/c1-3-10-8-9(4-7-15-10)12-16(13,14)11(2)5-6-11/h9-10,12H,3-8H2,1-2H3. The van der Waals surface area contributed by atoms with Crippen LogP contribution in [0, 0.1) is 0 Å². The van der Waals surface area contributed by atoms with Crippen molar-refractivity contribution in [2.24, 2.45) is 0 Å². The Morgan fingerprint density at radius 2 is 2.12 bits per heavy atom. The molecule has 2 rings (SSSR count). The van der Waals surface area contributed by atoms with Gasteiger partial charge in [0.2, 0.25) is 10.0 Å². The van der Waals surface area contributed by atoms with Gasteiger partial charge in [-0.1, -0.05) is 6.92 Å². The molecule has 0 radical (unpaired) electrons. The first-order valence-corrected chi connectivity index (χ1v) is 7.59. The van der Waals surface area contributed by atoms with E-state index in [-0.39, 0.29) is 12.1 Å². The first-order valence-electron chi connectivity index (χ1n) is 6.10. The summed E-state index contributed by atoms with van der Waals surface area (Å²) < 4.78 is 32.0. The average molecular weight is 247 g/mol. The Hall–Kier alpha value is -0.130. The van der Waals surface area contributed by atoms with Gasteiger partial charge in [0, 0.05) is 12.6 Å². The average Bonchev–Trinajstić information content (AvgIpc) is 2.98. The van der Waals surface area contributed by atoms with Gasteiger partial charge in [0.15, 0.2) is 0 Å². The number of hydrogen-bond donors (Lipinski definition) is 1. The number of sulfonamides is 1. The normalized spacial score (nSPS) is 33.6. The molecule has 0 amide bonds. The van der Waals surface area contributed by atoms with Crippen molar-refractivity contribution >= 4 is 10.0 Å². The summed E-state index contributed by atoms with van der Waals surface area (Å²) in [4.78, 5) is 0. The van der Waals surface area contributed by atoms with Gasteiger partial charge in [-0.2, -0.15) is 0 Å². The molecule has 1 saturated carbocycles. The smallest absolute Gasteiger partial charge is 0.217 e. The van der Waals surface area contributed by atoms with E-state index in [0.717, 1.165) is 32.1 Å². The Morgan fingerprint density at radius 1 is 1.44 bits per heavy atom. The summed E-state index contributed by atoms with van der Waals surface area (Å²) in [7, 11) is -3.12. The van der Waals surface area contributed by atoms with Crippen molar-refractivity contribution in [2.75, 3.05) is 6.61 Å². The fraction of sp³-hybridized carbons (Fsp3) is 1.00. The van der Waals surface area contributed by atoms with Crippen LogP contribution in [0.5, 0.6) is 0 Å². The third kappa shape index (κ3) is 2.41. The highest BCUT2D eigenvalue weighted by Gasteiger charge is 2.50. The van der Waals surface area contributed by atoms with E-state index in [1.807, 2.05) is 6.92 Å². The van der Waals surface area contributed by atoms with E-state index in [0.29, 0.717) is 6.61 Å². The molecule has 4 nitrogen and oxygen atoms in total. The highest BCUT2D eigenvalue weighted by Crippen LogP contribution is 2.42. The molecule has 0 bridgehead atoms. The summed E-state index contributed by atoms with van der Waals surface area (Å²) in [6, 6.07) is 0.0705. The van der Waals surface area contributed by atoms with E-state index in [1.165, 1.54) is 0 Å². The zero-order valence-corrected chi connectivity index (χ0v) is 10.8. The molecule has 2 atom stereocenters. The first kappa shape index (κ1) is 12.3. The van der Waals surface area contributed by atoms with Crippen LogP contribution < -0.4 is 4.72 Å². The van der Waals surface area contributed by atoms with Crippen LogP contribution in [0.15, 0.2) is 0 Å². The lowest BCUT2D eigenvalue weighted by Crippen LogP contribution is -2.45. The lowest BCUT2D eigenvalue weighted by atomic mass is 10.0. The highest BCUT2D eigenvalue weighted by molar-refractivity contribution is 7.91. The van der Waals surface area contributed by atoms with Crippen molar-refractivity contribution in [1.82, 2.24) is 4.72 Å². The fourth-order valence-corrected chi connectivity index (χ4v) is 3.66. The molecule has 1 aliphatic heterocycles. The molecule has 1 aliphatic carbocycles. The molecule has 1 saturated heterocycles. The summed E-state index contributed by atoms with van der Waals surface area (Å²) in [5.41, 5.74) is 0. The zero-order valence-electron chi connectivity index (χ0n) is 10.0. The maximum atomic E-state index is 12.0. The second kappa shape index (κ2) is 4.27. The predicted octanol–water partition coefficient (Wildman–Crippen LogP) is 1.42. The van der Waals surface area contributed by atoms with Gasteiger partial charge in [-0.3, -0.25) is 0 Å². The molecule has 1 N–H and O–H groups in total. The number of rotatable bonds is 4. The van der Waals surface area contributed by atoms with Crippen LogP contribution in [0.2, 0.25) is 0 Å². The van der Waals surface area contributed by atoms with Gasteiger partial charge in [-0.25, -0.2) is 13.1 Å². The molecule has 0 spiro atoms. The fourth-order valence-electron chi connectivity index (χ4n) is 2.08. The second-order valence-electron chi connectivity index (χ2n) is 5.19. The molecule has 2 aliphatic rings. The molecule has 5 heteroatoms. The van der Waals surface area contributed by atoms with Crippen LogP contribution in [0.1, 0.15) is 46.0 Å². The van der Waals surface area contributed by atoms with Gasteiger partial charge in [0.05, 0.1) is 10.9 Å².